The van der Waals surface area contributed by atoms with Crippen molar-refractivity contribution in [2.75, 3.05) is 6.54 Å². The van der Waals surface area contributed by atoms with Gasteiger partial charge in [-0.25, -0.2) is 4.79 Å². The summed E-state index contributed by atoms with van der Waals surface area (Å²) in [6, 6.07) is 7.59. The largest absolute Gasteiger partial charge is 0.480 e. The highest BCUT2D eigenvalue weighted by Crippen LogP contribution is 2.31. The summed E-state index contributed by atoms with van der Waals surface area (Å²) >= 11 is 0. The normalized spacial score (nSPS) is 23.0. The first-order chi connectivity index (χ1) is 13.5. The van der Waals surface area contributed by atoms with Crippen LogP contribution in [0.1, 0.15) is 57.4 Å². The molecule has 3 rings (SSSR count). The van der Waals surface area contributed by atoms with E-state index in [9.17, 15) is 19.5 Å². The summed E-state index contributed by atoms with van der Waals surface area (Å²) in [4.78, 5) is 41.6. The van der Waals surface area contributed by atoms with Gasteiger partial charge >= 0.3 is 5.97 Å². The molecule has 2 heterocycles. The number of rotatable bonds is 9. The van der Waals surface area contributed by atoms with Crippen molar-refractivity contribution in [3.63, 3.8) is 0 Å². The van der Waals surface area contributed by atoms with Crippen molar-refractivity contribution in [2.45, 2.75) is 76.4 Å². The number of aliphatic carboxylic acids is 1. The number of carbonyl (C=O) groups excluding carboxylic acids is 2. The third kappa shape index (κ3) is 4.21. The Kier molecular flexibility index (Phi) is 6.70. The highest BCUT2D eigenvalue weighted by Gasteiger charge is 2.50. The standard InChI is InChI=1S/C22H30N2O4/c1-2-3-5-11-18-20(25)23-15-8-12-17(23)21(26)24(18)19(22(27)28)14-13-16-9-6-4-7-10-16/h4,6-7,9-10,17-19H,2-3,5,8,11-15H2,1H3,(H,27,28)/t17-,18-,19?/m0/s1. The molecule has 0 bridgehead atoms. The minimum Gasteiger partial charge on any atom is -0.480 e. The van der Waals surface area contributed by atoms with E-state index in [1.165, 1.54) is 4.90 Å². The van der Waals surface area contributed by atoms with Gasteiger partial charge in [0.25, 0.3) is 0 Å². The summed E-state index contributed by atoms with van der Waals surface area (Å²) in [7, 11) is 0. The van der Waals surface area contributed by atoms with Gasteiger partial charge in [-0.15, -0.1) is 0 Å². The molecule has 0 aliphatic carbocycles. The number of hydrogen-bond acceptors (Lipinski definition) is 3. The maximum absolute atomic E-state index is 13.2. The topological polar surface area (TPSA) is 77.9 Å². The number of fused-ring (bicyclic) bond motifs is 1. The Morgan fingerprint density at radius 2 is 1.93 bits per heavy atom. The molecule has 152 valence electrons. The van der Waals surface area contributed by atoms with Gasteiger partial charge in [0.2, 0.25) is 11.8 Å². The first-order valence-electron chi connectivity index (χ1n) is 10.4. The molecule has 2 aliphatic heterocycles. The third-order valence-corrected chi connectivity index (χ3v) is 5.95. The molecule has 6 nitrogen and oxygen atoms in total. The van der Waals surface area contributed by atoms with Crippen LogP contribution in [0.3, 0.4) is 0 Å². The Bertz CT molecular complexity index is 706. The Morgan fingerprint density at radius 1 is 1.18 bits per heavy atom. The summed E-state index contributed by atoms with van der Waals surface area (Å²) in [5, 5.41) is 9.92. The number of carbonyl (C=O) groups is 3. The zero-order valence-corrected chi connectivity index (χ0v) is 16.5. The second-order valence-electron chi connectivity index (χ2n) is 7.83. The highest BCUT2D eigenvalue weighted by molar-refractivity contribution is 5.99. The zero-order chi connectivity index (χ0) is 20.1. The van der Waals surface area contributed by atoms with Gasteiger partial charge < -0.3 is 14.9 Å². The second kappa shape index (κ2) is 9.22. The molecule has 28 heavy (non-hydrogen) atoms. The number of piperazine rings is 1. The number of benzene rings is 1. The van der Waals surface area contributed by atoms with Gasteiger partial charge in [0.1, 0.15) is 18.1 Å². The fourth-order valence-corrected chi connectivity index (χ4v) is 4.47. The van der Waals surface area contributed by atoms with Crippen LogP contribution in [0, 0.1) is 0 Å². The number of carboxylic acids is 1. The Balaban J connectivity index is 1.83. The fraction of sp³-hybridized carbons (Fsp3) is 0.591. The van der Waals surface area contributed by atoms with Gasteiger partial charge in [-0.05, 0) is 37.7 Å². The molecule has 1 aromatic carbocycles. The molecule has 1 N–H and O–H groups in total. The lowest BCUT2D eigenvalue weighted by Crippen LogP contribution is -2.66. The van der Waals surface area contributed by atoms with E-state index in [2.05, 4.69) is 6.92 Å². The average Bonchev–Trinajstić information content (AvgIpc) is 3.18. The number of nitrogens with zero attached hydrogens (tertiary/aromatic N) is 2. The van der Waals surface area contributed by atoms with E-state index >= 15 is 0 Å². The van der Waals surface area contributed by atoms with E-state index < -0.39 is 24.1 Å². The van der Waals surface area contributed by atoms with Crippen molar-refractivity contribution >= 4 is 17.8 Å². The summed E-state index contributed by atoms with van der Waals surface area (Å²) in [5.41, 5.74) is 1.04. The Morgan fingerprint density at radius 3 is 2.61 bits per heavy atom. The van der Waals surface area contributed by atoms with E-state index in [0.717, 1.165) is 31.2 Å². The number of unbranched alkanes of at least 4 members (excludes halogenated alkanes) is 2. The minimum absolute atomic E-state index is 0.0656. The number of carboxylic acid groups (broad SMARTS) is 1. The van der Waals surface area contributed by atoms with Crippen LogP contribution in [0.2, 0.25) is 0 Å². The van der Waals surface area contributed by atoms with Crippen LogP contribution >= 0.6 is 0 Å². The van der Waals surface area contributed by atoms with Gasteiger partial charge in [-0.1, -0.05) is 56.5 Å². The first kappa shape index (κ1) is 20.4. The molecular weight excluding hydrogens is 356 g/mol. The molecule has 0 aromatic heterocycles. The predicted molar refractivity (Wildman–Crippen MR) is 106 cm³/mol. The van der Waals surface area contributed by atoms with Gasteiger partial charge in [0.15, 0.2) is 0 Å². The summed E-state index contributed by atoms with van der Waals surface area (Å²) in [6.45, 7) is 2.69. The molecule has 2 fully saturated rings. The molecule has 1 unspecified atom stereocenters. The van der Waals surface area contributed by atoms with Crippen LogP contribution in [-0.4, -0.2) is 57.4 Å². The lowest BCUT2D eigenvalue weighted by Gasteiger charge is -2.45. The summed E-state index contributed by atoms with van der Waals surface area (Å²) < 4.78 is 0. The Labute approximate surface area is 166 Å². The molecule has 0 spiro atoms. The quantitative estimate of drug-likeness (QED) is 0.662. The van der Waals surface area contributed by atoms with Crippen molar-refractivity contribution in [2.24, 2.45) is 0 Å². The van der Waals surface area contributed by atoms with Crippen LogP contribution in [-0.2, 0) is 20.8 Å². The molecule has 6 heteroatoms. The smallest absolute Gasteiger partial charge is 0.326 e. The zero-order valence-electron chi connectivity index (χ0n) is 16.5. The monoisotopic (exact) mass is 386 g/mol. The fourth-order valence-electron chi connectivity index (χ4n) is 4.47. The third-order valence-electron chi connectivity index (χ3n) is 5.95. The highest BCUT2D eigenvalue weighted by atomic mass is 16.4. The van der Waals surface area contributed by atoms with Crippen molar-refractivity contribution in [3.8, 4) is 0 Å². The SMILES string of the molecule is CCCCC[C@H]1C(=O)N2CCC[C@H]2C(=O)N1C(CCc1ccccc1)C(=O)O. The lowest BCUT2D eigenvalue weighted by atomic mass is 9.95. The number of hydrogen-bond donors (Lipinski definition) is 1. The lowest BCUT2D eigenvalue weighted by molar-refractivity contribution is -0.168. The van der Waals surface area contributed by atoms with Crippen LogP contribution in [0.4, 0.5) is 0 Å². The molecular formula is C22H30N2O4. The maximum atomic E-state index is 13.2. The van der Waals surface area contributed by atoms with Crippen LogP contribution in [0.15, 0.2) is 30.3 Å². The Hall–Kier alpha value is -2.37. The van der Waals surface area contributed by atoms with Crippen LogP contribution < -0.4 is 0 Å². The molecule has 2 saturated heterocycles. The molecule has 2 aliphatic rings. The summed E-state index contributed by atoms with van der Waals surface area (Å²) in [5.74, 6) is -1.27. The van der Waals surface area contributed by atoms with Gasteiger partial charge in [-0.2, -0.15) is 0 Å². The van der Waals surface area contributed by atoms with E-state index in [1.807, 2.05) is 30.3 Å². The van der Waals surface area contributed by atoms with E-state index in [-0.39, 0.29) is 11.8 Å². The first-order valence-corrected chi connectivity index (χ1v) is 10.4. The number of aryl methyl sites for hydroxylation is 1. The molecule has 3 atom stereocenters. The van der Waals surface area contributed by atoms with Gasteiger partial charge in [0, 0.05) is 6.54 Å². The van der Waals surface area contributed by atoms with Crippen molar-refractivity contribution in [3.05, 3.63) is 35.9 Å². The number of amides is 2. The average molecular weight is 386 g/mol. The van der Waals surface area contributed by atoms with Crippen LogP contribution in [0.25, 0.3) is 0 Å². The maximum Gasteiger partial charge on any atom is 0.326 e. The van der Waals surface area contributed by atoms with Crippen molar-refractivity contribution in [1.29, 1.82) is 0 Å². The molecule has 0 radical (unpaired) electrons. The van der Waals surface area contributed by atoms with Crippen LogP contribution in [0.5, 0.6) is 0 Å². The van der Waals surface area contributed by atoms with Crippen molar-refractivity contribution in [1.82, 2.24) is 9.80 Å². The molecule has 0 saturated carbocycles. The second-order valence-corrected chi connectivity index (χ2v) is 7.83. The predicted octanol–water partition coefficient (Wildman–Crippen LogP) is 2.85. The minimum atomic E-state index is -1.02. The van der Waals surface area contributed by atoms with E-state index in [0.29, 0.717) is 32.2 Å². The van der Waals surface area contributed by atoms with Crippen molar-refractivity contribution < 1.29 is 19.5 Å². The van der Waals surface area contributed by atoms with Gasteiger partial charge in [-0.3, -0.25) is 9.59 Å². The van der Waals surface area contributed by atoms with E-state index in [4.69, 9.17) is 0 Å². The molecule has 1 aromatic rings. The molecule has 2 amide bonds. The van der Waals surface area contributed by atoms with E-state index in [1.54, 1.807) is 4.90 Å². The van der Waals surface area contributed by atoms with Gasteiger partial charge in [0.05, 0.1) is 0 Å². The summed E-state index contributed by atoms with van der Waals surface area (Å²) in [6.07, 6.45) is 5.65.